The van der Waals surface area contributed by atoms with Crippen molar-refractivity contribution in [3.8, 4) is 11.4 Å². The molecule has 0 fully saturated rings. The lowest BCUT2D eigenvalue weighted by Gasteiger charge is -2.02. The second-order valence-corrected chi connectivity index (χ2v) is 5.40. The molecule has 0 radical (unpaired) electrons. The van der Waals surface area contributed by atoms with E-state index < -0.39 is 0 Å². The summed E-state index contributed by atoms with van der Waals surface area (Å²) in [6.45, 7) is 0.194. The quantitative estimate of drug-likeness (QED) is 0.781. The number of hydrogen-bond donors (Lipinski definition) is 1. The SMILES string of the molecule is O=C(Cc1ccccc1)NCc1nc(-c2cccc(Cl)c2)no1. The Morgan fingerprint density at radius 3 is 2.74 bits per heavy atom. The summed E-state index contributed by atoms with van der Waals surface area (Å²) in [5.74, 6) is 0.694. The Kier molecular flexibility index (Phi) is 4.68. The number of carbonyl (C=O) groups excluding carboxylic acids is 1. The van der Waals surface area contributed by atoms with Crippen molar-refractivity contribution in [3.63, 3.8) is 0 Å². The molecule has 0 aliphatic carbocycles. The molecule has 3 rings (SSSR count). The van der Waals surface area contributed by atoms with Gasteiger partial charge in [-0.1, -0.05) is 59.2 Å². The largest absolute Gasteiger partial charge is 0.347 e. The van der Waals surface area contributed by atoms with Gasteiger partial charge in [0.2, 0.25) is 17.6 Å². The van der Waals surface area contributed by atoms with E-state index in [9.17, 15) is 4.79 Å². The van der Waals surface area contributed by atoms with Crippen LogP contribution in [0, 0.1) is 0 Å². The third-order valence-electron chi connectivity index (χ3n) is 3.20. The third kappa shape index (κ3) is 4.17. The smallest absolute Gasteiger partial charge is 0.246 e. The van der Waals surface area contributed by atoms with E-state index in [4.69, 9.17) is 16.1 Å². The molecule has 1 amide bonds. The van der Waals surface area contributed by atoms with E-state index in [1.807, 2.05) is 42.5 Å². The molecule has 6 heteroatoms. The zero-order valence-electron chi connectivity index (χ0n) is 12.2. The minimum atomic E-state index is -0.0984. The van der Waals surface area contributed by atoms with Crippen LogP contribution in [0.3, 0.4) is 0 Å². The molecule has 0 bridgehead atoms. The van der Waals surface area contributed by atoms with E-state index >= 15 is 0 Å². The fourth-order valence-electron chi connectivity index (χ4n) is 2.09. The fraction of sp³-hybridized carbons (Fsp3) is 0.118. The number of halogens is 1. The van der Waals surface area contributed by atoms with Gasteiger partial charge in [-0.3, -0.25) is 4.79 Å². The molecular weight excluding hydrogens is 314 g/mol. The van der Waals surface area contributed by atoms with Gasteiger partial charge in [0, 0.05) is 10.6 Å². The zero-order chi connectivity index (χ0) is 16.1. The Hall–Kier alpha value is -2.66. The molecule has 1 heterocycles. The van der Waals surface area contributed by atoms with Crippen molar-refractivity contribution < 1.29 is 9.32 Å². The summed E-state index contributed by atoms with van der Waals surface area (Å²) in [6.07, 6.45) is 0.316. The number of amides is 1. The van der Waals surface area contributed by atoms with E-state index in [1.165, 1.54) is 0 Å². The molecule has 3 aromatic rings. The van der Waals surface area contributed by atoms with E-state index in [2.05, 4.69) is 15.5 Å². The van der Waals surface area contributed by atoms with Crippen molar-refractivity contribution in [1.29, 1.82) is 0 Å². The van der Waals surface area contributed by atoms with Crippen molar-refractivity contribution >= 4 is 17.5 Å². The van der Waals surface area contributed by atoms with Gasteiger partial charge in [-0.2, -0.15) is 4.98 Å². The fourth-order valence-corrected chi connectivity index (χ4v) is 2.28. The molecule has 2 aromatic carbocycles. The van der Waals surface area contributed by atoms with Crippen molar-refractivity contribution in [1.82, 2.24) is 15.5 Å². The van der Waals surface area contributed by atoms with Crippen LogP contribution in [0.1, 0.15) is 11.5 Å². The monoisotopic (exact) mass is 327 g/mol. The Balaban J connectivity index is 1.58. The molecule has 0 saturated carbocycles. The van der Waals surface area contributed by atoms with Crippen LogP contribution in [0.2, 0.25) is 5.02 Å². The Bertz CT molecular complexity index is 802. The molecule has 23 heavy (non-hydrogen) atoms. The molecule has 0 unspecified atom stereocenters. The summed E-state index contributed by atoms with van der Waals surface area (Å²) in [4.78, 5) is 16.1. The van der Waals surface area contributed by atoms with Gasteiger partial charge in [-0.15, -0.1) is 0 Å². The molecule has 0 spiro atoms. The predicted octanol–water partition coefficient (Wildman–Crippen LogP) is 3.25. The minimum absolute atomic E-state index is 0.0984. The van der Waals surface area contributed by atoms with Crippen LogP contribution in [-0.4, -0.2) is 16.0 Å². The second kappa shape index (κ2) is 7.07. The molecule has 0 aliphatic rings. The van der Waals surface area contributed by atoms with E-state index in [0.717, 1.165) is 11.1 Å². The van der Waals surface area contributed by atoms with Crippen molar-refractivity contribution in [3.05, 3.63) is 71.1 Å². The number of benzene rings is 2. The second-order valence-electron chi connectivity index (χ2n) is 4.96. The van der Waals surface area contributed by atoms with Crippen molar-refractivity contribution in [2.75, 3.05) is 0 Å². The normalized spacial score (nSPS) is 10.5. The average Bonchev–Trinajstić information content (AvgIpc) is 3.03. The predicted molar refractivity (Wildman–Crippen MR) is 86.7 cm³/mol. The summed E-state index contributed by atoms with van der Waals surface area (Å²) in [6, 6.07) is 16.7. The topological polar surface area (TPSA) is 68.0 Å². The highest BCUT2D eigenvalue weighted by atomic mass is 35.5. The van der Waals surface area contributed by atoms with E-state index in [-0.39, 0.29) is 12.5 Å². The maximum Gasteiger partial charge on any atom is 0.246 e. The summed E-state index contributed by atoms with van der Waals surface area (Å²) in [5, 5.41) is 7.26. The van der Waals surface area contributed by atoms with Gasteiger partial charge in [0.05, 0.1) is 13.0 Å². The summed E-state index contributed by atoms with van der Waals surface area (Å²) < 4.78 is 5.14. The highest BCUT2D eigenvalue weighted by Gasteiger charge is 2.10. The van der Waals surface area contributed by atoms with E-state index in [1.54, 1.807) is 12.1 Å². The maximum absolute atomic E-state index is 11.9. The molecule has 116 valence electrons. The number of carbonyl (C=O) groups is 1. The standard InChI is InChI=1S/C17H14ClN3O2/c18-14-8-4-7-13(10-14)17-20-16(23-21-17)11-19-15(22)9-12-5-2-1-3-6-12/h1-8,10H,9,11H2,(H,19,22). The number of rotatable bonds is 5. The Labute approximate surface area is 138 Å². The lowest BCUT2D eigenvalue weighted by atomic mass is 10.1. The molecule has 0 atom stereocenters. The van der Waals surface area contributed by atoms with Gasteiger partial charge in [0.1, 0.15) is 0 Å². The highest BCUT2D eigenvalue weighted by molar-refractivity contribution is 6.30. The van der Waals surface area contributed by atoms with Crippen LogP contribution in [0.25, 0.3) is 11.4 Å². The van der Waals surface area contributed by atoms with Crippen LogP contribution in [-0.2, 0) is 17.8 Å². The van der Waals surface area contributed by atoms with Crippen LogP contribution < -0.4 is 5.32 Å². The van der Waals surface area contributed by atoms with Gasteiger partial charge in [-0.25, -0.2) is 0 Å². The third-order valence-corrected chi connectivity index (χ3v) is 3.43. The summed E-state index contributed by atoms with van der Waals surface area (Å²) in [5.41, 5.74) is 1.72. The number of hydrogen-bond acceptors (Lipinski definition) is 4. The molecule has 1 aromatic heterocycles. The first-order valence-corrected chi connectivity index (χ1v) is 7.47. The first-order valence-electron chi connectivity index (χ1n) is 7.10. The minimum Gasteiger partial charge on any atom is -0.347 e. The molecule has 0 aliphatic heterocycles. The first-order chi connectivity index (χ1) is 11.2. The molecule has 5 nitrogen and oxygen atoms in total. The van der Waals surface area contributed by atoms with Crippen LogP contribution >= 0.6 is 11.6 Å². The van der Waals surface area contributed by atoms with Gasteiger partial charge < -0.3 is 9.84 Å². The van der Waals surface area contributed by atoms with Gasteiger partial charge in [-0.05, 0) is 17.7 Å². The van der Waals surface area contributed by atoms with Gasteiger partial charge >= 0.3 is 0 Å². The zero-order valence-corrected chi connectivity index (χ0v) is 13.0. The molecular formula is C17H14ClN3O2. The van der Waals surface area contributed by atoms with Crippen LogP contribution in [0.4, 0.5) is 0 Å². The van der Waals surface area contributed by atoms with Crippen LogP contribution in [0.15, 0.2) is 59.1 Å². The van der Waals surface area contributed by atoms with E-state index in [0.29, 0.717) is 23.2 Å². The number of aromatic nitrogens is 2. The van der Waals surface area contributed by atoms with Crippen molar-refractivity contribution in [2.45, 2.75) is 13.0 Å². The lowest BCUT2D eigenvalue weighted by Crippen LogP contribution is -2.24. The van der Waals surface area contributed by atoms with Crippen LogP contribution in [0.5, 0.6) is 0 Å². The summed E-state index contributed by atoms with van der Waals surface area (Å²) in [7, 11) is 0. The summed E-state index contributed by atoms with van der Waals surface area (Å²) >= 11 is 5.94. The van der Waals surface area contributed by atoms with Gasteiger partial charge in [0.15, 0.2) is 0 Å². The lowest BCUT2D eigenvalue weighted by molar-refractivity contribution is -0.120. The number of nitrogens with one attached hydrogen (secondary N) is 1. The van der Waals surface area contributed by atoms with Gasteiger partial charge in [0.25, 0.3) is 0 Å². The maximum atomic E-state index is 11.9. The van der Waals surface area contributed by atoms with Crippen molar-refractivity contribution in [2.24, 2.45) is 0 Å². The first kappa shape index (κ1) is 15.2. The Morgan fingerprint density at radius 2 is 1.96 bits per heavy atom. The number of nitrogens with zero attached hydrogens (tertiary/aromatic N) is 2. The Morgan fingerprint density at radius 1 is 1.13 bits per heavy atom. The average molecular weight is 328 g/mol. The molecule has 0 saturated heterocycles. The molecule has 1 N–H and O–H groups in total. The highest BCUT2D eigenvalue weighted by Crippen LogP contribution is 2.19.